The second-order valence-electron chi connectivity index (χ2n) is 7.56. The second kappa shape index (κ2) is 7.07. The largest absolute Gasteiger partial charge is 0.632 e. The minimum atomic E-state index is -0.642. The molecule has 3 atom stereocenters. The molecule has 1 N–H and O–H groups in total. The van der Waals surface area contributed by atoms with Crippen molar-refractivity contribution in [3.8, 4) is 0 Å². The lowest BCUT2D eigenvalue weighted by atomic mass is 9.89. The van der Waals surface area contributed by atoms with Gasteiger partial charge >= 0.3 is 11.9 Å². The van der Waals surface area contributed by atoms with E-state index in [2.05, 4.69) is 15.8 Å². The number of quaternary nitrogens is 1. The van der Waals surface area contributed by atoms with Crippen LogP contribution in [0, 0.1) is 5.21 Å². The minimum Gasteiger partial charge on any atom is -0.632 e. The zero-order valence-electron chi connectivity index (χ0n) is 16.1. The predicted molar refractivity (Wildman–Crippen MR) is 103 cm³/mol. The van der Waals surface area contributed by atoms with Crippen LogP contribution in [0.2, 0.25) is 0 Å². The normalized spacial score (nSPS) is 24.7. The SMILES string of the molecule is COC(=O)CC(=O)O[C@H](C)C1=CC[C@H]2c3[nH]c4ccccc4c3CC[N+]2([O-])C1. The van der Waals surface area contributed by atoms with E-state index in [1.807, 2.05) is 24.3 Å². The number of aromatic amines is 1. The summed E-state index contributed by atoms with van der Waals surface area (Å²) in [4.78, 5) is 26.5. The Balaban J connectivity index is 1.54. The summed E-state index contributed by atoms with van der Waals surface area (Å²) in [7, 11) is 1.23. The summed E-state index contributed by atoms with van der Waals surface area (Å²) in [6.07, 6.45) is 2.37. The smallest absolute Gasteiger partial charge is 0.317 e. The molecular weight excluding hydrogens is 360 g/mol. The number of hydrogen-bond acceptors (Lipinski definition) is 5. The Morgan fingerprint density at radius 1 is 1.32 bits per heavy atom. The number of nitrogens with zero attached hydrogens (tertiary/aromatic N) is 1. The van der Waals surface area contributed by atoms with E-state index in [0.717, 1.165) is 23.2 Å². The number of para-hydroxylation sites is 1. The molecule has 2 aromatic rings. The van der Waals surface area contributed by atoms with Crippen molar-refractivity contribution in [1.82, 2.24) is 4.98 Å². The lowest BCUT2D eigenvalue weighted by Gasteiger charge is -2.53. The van der Waals surface area contributed by atoms with E-state index in [1.165, 1.54) is 18.1 Å². The molecule has 1 aromatic heterocycles. The molecule has 4 rings (SSSR count). The van der Waals surface area contributed by atoms with E-state index < -0.39 is 24.5 Å². The number of hydroxylamine groups is 3. The average molecular weight is 384 g/mol. The van der Waals surface area contributed by atoms with Gasteiger partial charge in [0, 0.05) is 29.3 Å². The Labute approximate surface area is 163 Å². The highest BCUT2D eigenvalue weighted by Crippen LogP contribution is 2.44. The number of benzene rings is 1. The molecule has 2 aliphatic rings. The van der Waals surface area contributed by atoms with Crippen LogP contribution >= 0.6 is 0 Å². The quantitative estimate of drug-likeness (QED) is 0.288. The van der Waals surface area contributed by atoms with Crippen LogP contribution in [0.4, 0.5) is 0 Å². The van der Waals surface area contributed by atoms with Gasteiger partial charge in [-0.3, -0.25) is 9.59 Å². The van der Waals surface area contributed by atoms with Crippen molar-refractivity contribution < 1.29 is 23.7 Å². The van der Waals surface area contributed by atoms with Crippen LogP contribution in [0.1, 0.15) is 37.1 Å². The first-order valence-electron chi connectivity index (χ1n) is 9.54. The van der Waals surface area contributed by atoms with E-state index in [1.54, 1.807) is 6.92 Å². The first-order valence-corrected chi connectivity index (χ1v) is 9.54. The summed E-state index contributed by atoms with van der Waals surface area (Å²) < 4.78 is 9.48. The molecule has 0 saturated carbocycles. The number of carbonyl (C=O) groups excluding carboxylic acids is 2. The summed E-state index contributed by atoms with van der Waals surface area (Å²) in [6, 6.07) is 7.99. The van der Waals surface area contributed by atoms with Gasteiger partial charge in [-0.25, -0.2) is 0 Å². The van der Waals surface area contributed by atoms with Crippen molar-refractivity contribution in [2.45, 2.75) is 38.3 Å². The van der Waals surface area contributed by atoms with Crippen molar-refractivity contribution in [2.75, 3.05) is 20.2 Å². The maximum Gasteiger partial charge on any atom is 0.317 e. The van der Waals surface area contributed by atoms with Crippen LogP contribution in [0.3, 0.4) is 0 Å². The highest BCUT2D eigenvalue weighted by molar-refractivity contribution is 5.91. The van der Waals surface area contributed by atoms with Gasteiger partial charge in [0.1, 0.15) is 25.1 Å². The van der Waals surface area contributed by atoms with E-state index in [9.17, 15) is 14.8 Å². The zero-order valence-corrected chi connectivity index (χ0v) is 16.1. The molecule has 0 radical (unpaired) electrons. The van der Waals surface area contributed by atoms with Gasteiger partial charge < -0.3 is 24.3 Å². The third kappa shape index (κ3) is 3.21. The number of ether oxygens (including phenoxy) is 2. The van der Waals surface area contributed by atoms with E-state index >= 15 is 0 Å². The average Bonchev–Trinajstić information content (AvgIpc) is 3.05. The fraction of sp³-hybridized carbons (Fsp3) is 0.429. The van der Waals surface area contributed by atoms with E-state index in [-0.39, 0.29) is 17.2 Å². The van der Waals surface area contributed by atoms with Crippen LogP contribution in [0.15, 0.2) is 35.9 Å². The van der Waals surface area contributed by atoms with E-state index in [0.29, 0.717) is 13.0 Å². The van der Waals surface area contributed by atoms with Gasteiger partial charge in [0.15, 0.2) is 0 Å². The maximum absolute atomic E-state index is 13.6. The molecule has 1 aromatic carbocycles. The molecule has 2 aliphatic heterocycles. The molecule has 1 unspecified atom stereocenters. The molecule has 7 heteroatoms. The second-order valence-corrected chi connectivity index (χ2v) is 7.56. The highest BCUT2D eigenvalue weighted by Gasteiger charge is 2.41. The van der Waals surface area contributed by atoms with Crippen molar-refractivity contribution >= 4 is 22.8 Å². The summed E-state index contributed by atoms with van der Waals surface area (Å²) in [6.45, 7) is 2.53. The number of carbonyl (C=O) groups is 2. The van der Waals surface area contributed by atoms with Crippen LogP contribution < -0.4 is 0 Å². The van der Waals surface area contributed by atoms with Crippen LogP contribution in [0.25, 0.3) is 10.9 Å². The number of hydrogen-bond donors (Lipinski definition) is 1. The molecule has 0 spiro atoms. The van der Waals surface area contributed by atoms with Gasteiger partial charge in [0.25, 0.3) is 0 Å². The fourth-order valence-corrected chi connectivity index (χ4v) is 4.40. The number of H-pyrrole nitrogens is 1. The first-order chi connectivity index (χ1) is 13.4. The Morgan fingerprint density at radius 3 is 2.89 bits per heavy atom. The summed E-state index contributed by atoms with van der Waals surface area (Å²) in [5, 5.41) is 14.8. The van der Waals surface area contributed by atoms with Gasteiger partial charge in [0.05, 0.1) is 19.3 Å². The first kappa shape index (κ1) is 18.7. The summed E-state index contributed by atoms with van der Waals surface area (Å²) >= 11 is 0. The number of methoxy groups -OCH3 is 1. The van der Waals surface area contributed by atoms with E-state index in [4.69, 9.17) is 4.74 Å². The lowest BCUT2D eigenvalue weighted by molar-refractivity contribution is -0.911. The van der Waals surface area contributed by atoms with Crippen molar-refractivity contribution in [3.63, 3.8) is 0 Å². The third-order valence-electron chi connectivity index (χ3n) is 5.89. The topological polar surface area (TPSA) is 91.5 Å². The summed E-state index contributed by atoms with van der Waals surface area (Å²) in [5.41, 5.74) is 4.16. The molecule has 0 saturated heterocycles. The fourth-order valence-electron chi connectivity index (χ4n) is 4.40. The van der Waals surface area contributed by atoms with Crippen molar-refractivity contribution in [2.24, 2.45) is 0 Å². The summed E-state index contributed by atoms with van der Waals surface area (Å²) in [5.74, 6) is -1.28. The minimum absolute atomic E-state index is 0.169. The number of esters is 2. The van der Waals surface area contributed by atoms with Crippen molar-refractivity contribution in [3.05, 3.63) is 52.4 Å². The predicted octanol–water partition coefficient (Wildman–Crippen LogP) is 2.90. The van der Waals surface area contributed by atoms with Gasteiger partial charge in [0.2, 0.25) is 0 Å². The zero-order chi connectivity index (χ0) is 19.9. The Morgan fingerprint density at radius 2 is 2.11 bits per heavy atom. The van der Waals surface area contributed by atoms with Crippen LogP contribution in [-0.4, -0.2) is 47.9 Å². The molecule has 7 nitrogen and oxygen atoms in total. The number of nitrogens with one attached hydrogen (secondary N) is 1. The maximum atomic E-state index is 13.6. The Kier molecular flexibility index (Phi) is 4.72. The molecule has 28 heavy (non-hydrogen) atoms. The van der Waals surface area contributed by atoms with Gasteiger partial charge in [-0.15, -0.1) is 0 Å². The Bertz CT molecular complexity index is 963. The number of rotatable bonds is 4. The number of aromatic nitrogens is 1. The van der Waals surface area contributed by atoms with Crippen LogP contribution in [0.5, 0.6) is 0 Å². The van der Waals surface area contributed by atoms with Gasteiger partial charge in [-0.2, -0.15) is 0 Å². The van der Waals surface area contributed by atoms with Crippen molar-refractivity contribution in [1.29, 1.82) is 0 Å². The van der Waals surface area contributed by atoms with Crippen LogP contribution in [-0.2, 0) is 25.5 Å². The monoisotopic (exact) mass is 384 g/mol. The van der Waals surface area contributed by atoms with Gasteiger partial charge in [-0.05, 0) is 18.6 Å². The highest BCUT2D eigenvalue weighted by atomic mass is 16.6. The number of fused-ring (bicyclic) bond motifs is 5. The molecule has 3 heterocycles. The lowest BCUT2D eigenvalue weighted by Crippen LogP contribution is -2.53. The molecule has 0 bridgehead atoms. The molecular formula is C21H24N2O5. The van der Waals surface area contributed by atoms with Gasteiger partial charge in [-0.1, -0.05) is 24.3 Å². The molecule has 0 aliphatic carbocycles. The third-order valence-corrected chi connectivity index (χ3v) is 5.89. The standard InChI is InChI=1S/C21H24N2O5/c1-13(28-20(25)11-19(24)27-2)14-7-8-18-21-16(9-10-23(18,26)12-14)15-5-3-4-6-17(15)22-21/h3-7,13,18,22H,8-12H2,1-2H3/t13-,18+,23?/m1/s1. The molecule has 0 fully saturated rings. The Hall–Kier alpha value is -2.64. The molecule has 0 amide bonds. The molecule has 148 valence electrons.